The summed E-state index contributed by atoms with van der Waals surface area (Å²) in [6.07, 6.45) is 3.70. The van der Waals surface area contributed by atoms with Crippen LogP contribution in [-0.2, 0) is 6.54 Å². The quantitative estimate of drug-likeness (QED) is 0.772. The Labute approximate surface area is 121 Å². The molecule has 3 rings (SSSR count). The van der Waals surface area contributed by atoms with Crippen molar-refractivity contribution in [2.75, 3.05) is 13.1 Å². The fourth-order valence-corrected chi connectivity index (χ4v) is 2.81. The van der Waals surface area contributed by atoms with Crippen LogP contribution in [0, 0.1) is 6.92 Å². The summed E-state index contributed by atoms with van der Waals surface area (Å²) in [5.41, 5.74) is 0.889. The Morgan fingerprint density at radius 2 is 2.38 bits per heavy atom. The van der Waals surface area contributed by atoms with Crippen LogP contribution in [0.25, 0.3) is 0 Å². The van der Waals surface area contributed by atoms with Crippen LogP contribution in [-0.4, -0.2) is 54.4 Å². The smallest absolute Gasteiger partial charge is 0.354 e. The first-order valence-corrected chi connectivity index (χ1v) is 7.00. The first-order chi connectivity index (χ1) is 10.1. The number of H-pyrrole nitrogens is 2. The van der Waals surface area contributed by atoms with Crippen molar-refractivity contribution in [2.24, 2.45) is 0 Å². The van der Waals surface area contributed by atoms with Gasteiger partial charge in [-0.15, -0.1) is 0 Å². The van der Waals surface area contributed by atoms with Gasteiger partial charge in [0, 0.05) is 24.6 Å². The molecule has 1 fully saturated rings. The van der Waals surface area contributed by atoms with Crippen LogP contribution >= 0.6 is 0 Å². The van der Waals surface area contributed by atoms with E-state index in [0.717, 1.165) is 37.6 Å². The van der Waals surface area contributed by atoms with Gasteiger partial charge in [-0.3, -0.25) is 15.1 Å². The second kappa shape index (κ2) is 5.65. The highest BCUT2D eigenvalue weighted by molar-refractivity contribution is 5.86. The zero-order chi connectivity index (χ0) is 14.8. The van der Waals surface area contributed by atoms with E-state index in [2.05, 4.69) is 30.3 Å². The Hall–Kier alpha value is -2.22. The third-order valence-electron chi connectivity index (χ3n) is 3.81. The molecule has 0 spiro atoms. The first kappa shape index (κ1) is 13.7. The molecule has 1 aliphatic heterocycles. The average Bonchev–Trinajstić information content (AvgIpc) is 3.08. The maximum Gasteiger partial charge on any atom is 0.354 e. The van der Waals surface area contributed by atoms with Crippen LogP contribution in [0.5, 0.6) is 0 Å². The predicted octanol–water partition coefficient (Wildman–Crippen LogP) is 0.914. The van der Waals surface area contributed by atoms with Crippen molar-refractivity contribution in [3.63, 3.8) is 0 Å². The first-order valence-electron chi connectivity index (χ1n) is 7.00. The largest absolute Gasteiger partial charge is 0.477 e. The molecule has 2 aromatic rings. The number of nitrogens with zero attached hydrogens (tertiary/aromatic N) is 4. The molecule has 0 radical (unpaired) electrons. The Kier molecular flexibility index (Phi) is 3.70. The van der Waals surface area contributed by atoms with Crippen molar-refractivity contribution in [2.45, 2.75) is 32.2 Å². The number of carboxylic acid groups (broad SMARTS) is 1. The van der Waals surface area contributed by atoms with E-state index in [1.54, 1.807) is 6.20 Å². The van der Waals surface area contributed by atoms with Crippen molar-refractivity contribution in [3.8, 4) is 0 Å². The molecule has 8 heteroatoms. The van der Waals surface area contributed by atoms with Crippen molar-refractivity contribution in [1.29, 1.82) is 0 Å². The number of hydrogen-bond acceptors (Lipinski definition) is 5. The Morgan fingerprint density at radius 3 is 3.10 bits per heavy atom. The second-order valence-corrected chi connectivity index (χ2v) is 5.43. The van der Waals surface area contributed by atoms with E-state index in [1.165, 1.54) is 0 Å². The molecular formula is C13H18N6O2. The Balaban J connectivity index is 1.69. The number of nitrogens with one attached hydrogen (secondary N) is 2. The monoisotopic (exact) mass is 290 g/mol. The molecule has 1 aliphatic rings. The van der Waals surface area contributed by atoms with E-state index in [0.29, 0.717) is 18.0 Å². The Morgan fingerprint density at radius 1 is 1.52 bits per heavy atom. The molecule has 3 N–H and O–H groups in total. The lowest BCUT2D eigenvalue weighted by Gasteiger charge is -2.31. The highest BCUT2D eigenvalue weighted by atomic mass is 16.4. The van der Waals surface area contributed by atoms with Crippen LogP contribution in [0.4, 0.5) is 0 Å². The number of rotatable bonds is 4. The molecule has 1 saturated heterocycles. The van der Waals surface area contributed by atoms with Crippen molar-refractivity contribution >= 4 is 5.97 Å². The minimum absolute atomic E-state index is 0.172. The van der Waals surface area contributed by atoms with Crippen molar-refractivity contribution < 1.29 is 9.90 Å². The number of aromatic nitrogens is 5. The van der Waals surface area contributed by atoms with Gasteiger partial charge in [-0.25, -0.2) is 9.78 Å². The number of carbonyl (C=O) groups is 1. The summed E-state index contributed by atoms with van der Waals surface area (Å²) in [6, 6.07) is 0. The maximum atomic E-state index is 11.1. The summed E-state index contributed by atoms with van der Waals surface area (Å²) in [5, 5.41) is 22.6. The SMILES string of the molecule is Cc1nc([C@H]2CCCN(Cc3cn[nH]c3C(=O)O)C2)n[nH]1. The number of piperidine rings is 1. The molecule has 0 amide bonds. The molecule has 2 aromatic heterocycles. The number of hydrogen-bond donors (Lipinski definition) is 3. The van der Waals surface area contributed by atoms with E-state index in [1.807, 2.05) is 6.92 Å². The predicted molar refractivity (Wildman–Crippen MR) is 73.9 cm³/mol. The van der Waals surface area contributed by atoms with Gasteiger partial charge in [0.2, 0.25) is 0 Å². The van der Waals surface area contributed by atoms with Crippen LogP contribution < -0.4 is 0 Å². The van der Waals surface area contributed by atoms with E-state index in [9.17, 15) is 4.79 Å². The van der Waals surface area contributed by atoms with E-state index in [-0.39, 0.29) is 5.69 Å². The van der Waals surface area contributed by atoms with Crippen LogP contribution in [0.15, 0.2) is 6.20 Å². The third-order valence-corrected chi connectivity index (χ3v) is 3.81. The summed E-state index contributed by atoms with van der Waals surface area (Å²) >= 11 is 0. The van der Waals surface area contributed by atoms with Gasteiger partial charge in [-0.1, -0.05) is 0 Å². The van der Waals surface area contributed by atoms with Gasteiger partial charge < -0.3 is 5.11 Å². The zero-order valence-corrected chi connectivity index (χ0v) is 11.8. The number of aryl methyl sites for hydroxylation is 1. The maximum absolute atomic E-state index is 11.1. The van der Waals surface area contributed by atoms with Crippen molar-refractivity contribution in [1.82, 2.24) is 30.3 Å². The van der Waals surface area contributed by atoms with Crippen LogP contribution in [0.2, 0.25) is 0 Å². The standard InChI is InChI=1S/C13H18N6O2/c1-8-15-12(18-16-8)9-3-2-4-19(6-9)7-10-5-14-17-11(10)13(20)21/h5,9H,2-4,6-7H2,1H3,(H,14,17)(H,20,21)(H,15,16,18)/t9-/m0/s1. The number of aromatic carboxylic acids is 1. The van der Waals surface area contributed by atoms with Gasteiger partial charge in [0.25, 0.3) is 0 Å². The molecule has 3 heterocycles. The number of carboxylic acids is 1. The highest BCUT2D eigenvalue weighted by Crippen LogP contribution is 2.25. The van der Waals surface area contributed by atoms with E-state index >= 15 is 0 Å². The van der Waals surface area contributed by atoms with Crippen LogP contribution in [0.1, 0.15) is 46.5 Å². The van der Waals surface area contributed by atoms with Crippen molar-refractivity contribution in [3.05, 3.63) is 29.1 Å². The number of likely N-dealkylation sites (tertiary alicyclic amines) is 1. The minimum atomic E-state index is -0.972. The molecule has 0 aliphatic carbocycles. The topological polar surface area (TPSA) is 111 Å². The van der Waals surface area contributed by atoms with Gasteiger partial charge in [-0.2, -0.15) is 10.2 Å². The molecule has 0 aromatic carbocycles. The Bertz CT molecular complexity index is 634. The zero-order valence-electron chi connectivity index (χ0n) is 11.8. The van der Waals surface area contributed by atoms with E-state index in [4.69, 9.17) is 5.11 Å². The fourth-order valence-electron chi connectivity index (χ4n) is 2.81. The number of aromatic amines is 2. The summed E-state index contributed by atoms with van der Waals surface area (Å²) < 4.78 is 0. The molecule has 112 valence electrons. The van der Waals surface area contributed by atoms with Gasteiger partial charge in [0.1, 0.15) is 11.5 Å². The van der Waals surface area contributed by atoms with Gasteiger partial charge >= 0.3 is 5.97 Å². The highest BCUT2D eigenvalue weighted by Gasteiger charge is 2.25. The normalized spacial score (nSPS) is 19.8. The fraction of sp³-hybridized carbons (Fsp3) is 0.538. The summed E-state index contributed by atoms with van der Waals surface area (Å²) in [6.45, 7) is 4.26. The summed E-state index contributed by atoms with van der Waals surface area (Å²) in [7, 11) is 0. The molecule has 1 atom stereocenters. The lowest BCUT2D eigenvalue weighted by Crippen LogP contribution is -2.34. The van der Waals surface area contributed by atoms with Gasteiger partial charge in [0.05, 0.1) is 6.20 Å². The molecule has 8 nitrogen and oxygen atoms in total. The lowest BCUT2D eigenvalue weighted by molar-refractivity contribution is 0.0687. The summed E-state index contributed by atoms with van der Waals surface area (Å²) in [5.74, 6) is 0.998. The van der Waals surface area contributed by atoms with E-state index < -0.39 is 5.97 Å². The molecule has 21 heavy (non-hydrogen) atoms. The molecule has 0 saturated carbocycles. The summed E-state index contributed by atoms with van der Waals surface area (Å²) in [4.78, 5) is 17.7. The molecule has 0 bridgehead atoms. The van der Waals surface area contributed by atoms with Crippen LogP contribution in [0.3, 0.4) is 0 Å². The third kappa shape index (κ3) is 2.94. The molecule has 0 unspecified atom stereocenters. The van der Waals surface area contributed by atoms with Gasteiger partial charge in [-0.05, 0) is 26.3 Å². The minimum Gasteiger partial charge on any atom is -0.477 e. The van der Waals surface area contributed by atoms with Gasteiger partial charge in [0.15, 0.2) is 5.82 Å². The molecular weight excluding hydrogens is 272 g/mol. The average molecular weight is 290 g/mol. The second-order valence-electron chi connectivity index (χ2n) is 5.43. The lowest BCUT2D eigenvalue weighted by atomic mass is 9.97.